The highest BCUT2D eigenvalue weighted by atomic mass is 19.4. The quantitative estimate of drug-likeness (QED) is 0.395. The molecule has 5 rings (SSSR count). The van der Waals surface area contributed by atoms with Crippen LogP contribution in [0.5, 0.6) is 5.75 Å². The smallest absolute Gasteiger partial charge is 0.490 e. The molecule has 2 aliphatic rings. The van der Waals surface area contributed by atoms with Gasteiger partial charge in [0.15, 0.2) is 11.4 Å². The van der Waals surface area contributed by atoms with Crippen LogP contribution in [0.4, 0.5) is 24.7 Å². The highest BCUT2D eigenvalue weighted by Crippen LogP contribution is 2.40. The lowest BCUT2D eigenvalue weighted by Crippen LogP contribution is -2.37. The lowest BCUT2D eigenvalue weighted by atomic mass is 9.84. The first-order valence-corrected chi connectivity index (χ1v) is 14.4. The molecule has 1 aromatic carbocycles. The highest BCUT2D eigenvalue weighted by molar-refractivity contribution is 5.97. The van der Waals surface area contributed by atoms with E-state index in [1.54, 1.807) is 7.11 Å². The molecule has 4 heterocycles. The summed E-state index contributed by atoms with van der Waals surface area (Å²) < 4.78 is 46.1. The molecule has 3 aromatic rings. The van der Waals surface area contributed by atoms with Crippen LogP contribution < -0.4 is 20.2 Å². The average Bonchev–Trinajstić information content (AvgIpc) is 3.30. The number of morpholine rings is 1. The minimum Gasteiger partial charge on any atom is -0.494 e. The van der Waals surface area contributed by atoms with Gasteiger partial charge in [0.1, 0.15) is 18.1 Å². The van der Waals surface area contributed by atoms with Gasteiger partial charge in [-0.15, -0.1) is 10.2 Å². The van der Waals surface area contributed by atoms with E-state index in [1.807, 2.05) is 24.3 Å². The number of nitrogens with zero attached hydrogens (tertiary/aromatic N) is 6. The highest BCUT2D eigenvalue weighted by Gasteiger charge is 2.38. The molecule has 2 aliphatic heterocycles. The molecule has 2 fully saturated rings. The lowest BCUT2D eigenvalue weighted by molar-refractivity contribution is -0.192. The number of carbonyl (C=O) groups is 2. The number of alkyl halides is 3. The van der Waals surface area contributed by atoms with Crippen LogP contribution in [-0.4, -0.2) is 88.9 Å². The van der Waals surface area contributed by atoms with Crippen LogP contribution in [-0.2, 0) is 21.5 Å². The van der Waals surface area contributed by atoms with Crippen LogP contribution in [0.15, 0.2) is 24.3 Å². The molecule has 0 amide bonds. The molecule has 15 heteroatoms. The molecule has 0 atom stereocenters. The Labute approximate surface area is 252 Å². The third-order valence-electron chi connectivity index (χ3n) is 7.44. The fraction of sp³-hybridized carbons (Fsp3) is 0.552. The van der Waals surface area contributed by atoms with Crippen LogP contribution in [0.25, 0.3) is 5.65 Å². The van der Waals surface area contributed by atoms with E-state index in [0.717, 1.165) is 61.8 Å². The Hall–Kier alpha value is -4.14. The number of carboxylic acids is 1. The topological polar surface area (TPSA) is 138 Å². The number of Topliss-reactive ketones (excluding diaryl/α,β-unsaturated/α-hetero) is 1. The number of carbonyl (C=O) groups excluding carboxylic acids is 1. The standard InChI is InChI=1S/C27H37N7O3.C2HF3O2/c1-27(2,3)20-16-19(17-21(25(20)36-4)31-12-14-37-15-13-31)22(35)18-33-26(28)34-24(29-33)9-8-23(30-34)32-10-6-5-7-11-32;3-2(4,5)1(6)7/h8-9,16-17,28H,5-7,10-15,18H2,1-4H3;(H,6,7). The molecule has 240 valence electrons. The monoisotopic (exact) mass is 621 g/mol. The molecule has 0 saturated carbocycles. The Morgan fingerprint density at radius 3 is 2.20 bits per heavy atom. The average molecular weight is 622 g/mol. The van der Waals surface area contributed by atoms with Gasteiger partial charge < -0.3 is 24.4 Å². The van der Waals surface area contributed by atoms with Gasteiger partial charge in [0.05, 0.1) is 26.0 Å². The van der Waals surface area contributed by atoms with Crippen LogP contribution in [0.1, 0.15) is 56.0 Å². The number of hydrogen-bond acceptors (Lipinski definition) is 9. The van der Waals surface area contributed by atoms with E-state index in [9.17, 15) is 18.0 Å². The molecule has 0 bridgehead atoms. The molecule has 0 unspecified atom stereocenters. The Morgan fingerprint density at radius 1 is 1.00 bits per heavy atom. The van der Waals surface area contributed by atoms with Crippen molar-refractivity contribution in [2.75, 3.05) is 56.3 Å². The Morgan fingerprint density at radius 2 is 1.64 bits per heavy atom. The van der Waals surface area contributed by atoms with Gasteiger partial charge in [-0.05, 0) is 48.9 Å². The van der Waals surface area contributed by atoms with Crippen molar-refractivity contribution in [2.24, 2.45) is 0 Å². The van der Waals surface area contributed by atoms with E-state index >= 15 is 0 Å². The zero-order valence-corrected chi connectivity index (χ0v) is 25.3. The van der Waals surface area contributed by atoms with E-state index in [-0.39, 0.29) is 23.4 Å². The minimum atomic E-state index is -5.08. The largest absolute Gasteiger partial charge is 0.494 e. The van der Waals surface area contributed by atoms with Crippen molar-refractivity contribution in [3.05, 3.63) is 41.0 Å². The van der Waals surface area contributed by atoms with Crippen molar-refractivity contribution < 1.29 is 37.3 Å². The SMILES string of the molecule is COc1c(N2CCOCC2)cc(C(=O)Cn2nc3ccc(N4CCCCC4)nn3c2=N)cc1C(C)(C)C.O=C(O)C(F)(F)F. The lowest BCUT2D eigenvalue weighted by Gasteiger charge is -2.33. The van der Waals surface area contributed by atoms with Crippen molar-refractivity contribution in [3.63, 3.8) is 0 Å². The Kier molecular flexibility index (Phi) is 9.86. The number of fused-ring (bicyclic) bond motifs is 1. The maximum Gasteiger partial charge on any atom is 0.490 e. The van der Waals surface area contributed by atoms with Gasteiger partial charge in [-0.1, -0.05) is 20.8 Å². The number of carboxylic acid groups (broad SMARTS) is 1. The van der Waals surface area contributed by atoms with Crippen LogP contribution in [0, 0.1) is 5.41 Å². The number of aliphatic carboxylic acids is 1. The number of ketones is 1. The van der Waals surface area contributed by atoms with Gasteiger partial charge >= 0.3 is 12.1 Å². The molecule has 0 radical (unpaired) electrons. The van der Waals surface area contributed by atoms with E-state index in [4.69, 9.17) is 24.8 Å². The van der Waals surface area contributed by atoms with Gasteiger partial charge in [0, 0.05) is 37.3 Å². The Bertz CT molecular complexity index is 1550. The van der Waals surface area contributed by atoms with Gasteiger partial charge in [0.25, 0.3) is 0 Å². The van der Waals surface area contributed by atoms with Crippen molar-refractivity contribution in [3.8, 4) is 5.75 Å². The second kappa shape index (κ2) is 13.2. The van der Waals surface area contributed by atoms with Crippen molar-refractivity contribution >= 4 is 28.9 Å². The number of piperidine rings is 1. The summed E-state index contributed by atoms with van der Waals surface area (Å²) in [7, 11) is 1.68. The molecular weight excluding hydrogens is 583 g/mol. The number of nitrogens with one attached hydrogen (secondary N) is 1. The van der Waals surface area contributed by atoms with Crippen LogP contribution in [0.2, 0.25) is 0 Å². The summed E-state index contributed by atoms with van der Waals surface area (Å²) in [6.07, 6.45) is -1.54. The zero-order valence-electron chi connectivity index (χ0n) is 25.3. The molecule has 0 aliphatic carbocycles. The number of hydrogen-bond donors (Lipinski definition) is 2. The van der Waals surface area contributed by atoms with E-state index in [1.165, 1.54) is 15.6 Å². The summed E-state index contributed by atoms with van der Waals surface area (Å²) in [6, 6.07) is 7.66. The van der Waals surface area contributed by atoms with Crippen LogP contribution >= 0.6 is 0 Å². The fourth-order valence-electron chi connectivity index (χ4n) is 5.13. The predicted octanol–water partition coefficient (Wildman–Crippen LogP) is 3.66. The van der Waals surface area contributed by atoms with E-state index < -0.39 is 12.1 Å². The summed E-state index contributed by atoms with van der Waals surface area (Å²) in [5.41, 5.74) is 2.87. The molecule has 0 spiro atoms. The summed E-state index contributed by atoms with van der Waals surface area (Å²) in [5.74, 6) is -1.23. The number of methoxy groups -OCH3 is 1. The van der Waals surface area contributed by atoms with E-state index in [2.05, 4.69) is 40.8 Å². The number of rotatable bonds is 6. The first kappa shape index (κ1) is 32.8. The summed E-state index contributed by atoms with van der Waals surface area (Å²) in [6.45, 7) is 11.0. The number of halogens is 3. The first-order valence-electron chi connectivity index (χ1n) is 14.4. The van der Waals surface area contributed by atoms with Crippen LogP contribution in [0.3, 0.4) is 0 Å². The number of anilines is 2. The Balaban J connectivity index is 0.000000566. The number of ether oxygens (including phenoxy) is 2. The molecule has 2 N–H and O–H groups in total. The summed E-state index contributed by atoms with van der Waals surface area (Å²) in [5, 5.41) is 25.0. The minimum absolute atomic E-state index is 0.0420. The van der Waals surface area contributed by atoms with Crippen molar-refractivity contribution in [1.82, 2.24) is 19.4 Å². The summed E-state index contributed by atoms with van der Waals surface area (Å²) >= 11 is 0. The second-order valence-electron chi connectivity index (χ2n) is 11.6. The third-order valence-corrected chi connectivity index (χ3v) is 7.44. The predicted molar refractivity (Wildman–Crippen MR) is 156 cm³/mol. The van der Waals surface area contributed by atoms with Gasteiger partial charge in [-0.2, -0.15) is 17.7 Å². The maximum atomic E-state index is 13.6. The normalized spacial score (nSPS) is 16.0. The molecule has 44 heavy (non-hydrogen) atoms. The van der Waals surface area contributed by atoms with Crippen molar-refractivity contribution in [1.29, 1.82) is 5.41 Å². The first-order chi connectivity index (χ1) is 20.7. The number of aromatic nitrogens is 4. The molecular formula is C29H38F3N7O5. The molecule has 12 nitrogen and oxygen atoms in total. The van der Waals surface area contributed by atoms with Gasteiger partial charge in [-0.3, -0.25) is 10.2 Å². The summed E-state index contributed by atoms with van der Waals surface area (Å²) in [4.78, 5) is 27.0. The van der Waals surface area contributed by atoms with Crippen molar-refractivity contribution in [2.45, 2.75) is 58.2 Å². The van der Waals surface area contributed by atoms with Gasteiger partial charge in [-0.25, -0.2) is 9.48 Å². The molecule has 2 saturated heterocycles. The van der Waals surface area contributed by atoms with Gasteiger partial charge in [0.2, 0.25) is 5.62 Å². The fourth-order valence-corrected chi connectivity index (χ4v) is 5.13. The molecule has 2 aromatic heterocycles. The zero-order chi connectivity index (χ0) is 32.2. The number of benzene rings is 1. The second-order valence-corrected chi connectivity index (χ2v) is 11.6. The maximum absolute atomic E-state index is 13.6. The van der Waals surface area contributed by atoms with E-state index in [0.29, 0.717) is 24.4 Å². The third kappa shape index (κ3) is 7.49.